The number of likely N-dealkylation sites (tertiary alicyclic amines) is 1. The van der Waals surface area contributed by atoms with Gasteiger partial charge in [0.2, 0.25) is 0 Å². The number of aromatic nitrogens is 3. The lowest BCUT2D eigenvalue weighted by Crippen LogP contribution is -2.42. The molecule has 2 N–H and O–H groups in total. The van der Waals surface area contributed by atoms with Gasteiger partial charge in [-0.1, -0.05) is 23.7 Å². The van der Waals surface area contributed by atoms with E-state index in [-0.39, 0.29) is 0 Å². The first-order valence-corrected chi connectivity index (χ1v) is 10.5. The van der Waals surface area contributed by atoms with Crippen LogP contribution in [0.1, 0.15) is 38.3 Å². The van der Waals surface area contributed by atoms with E-state index in [0.717, 1.165) is 48.3 Å². The Labute approximate surface area is 176 Å². The van der Waals surface area contributed by atoms with Crippen LogP contribution in [0.3, 0.4) is 0 Å². The van der Waals surface area contributed by atoms with Crippen molar-refractivity contribution in [1.82, 2.24) is 20.1 Å². The molecule has 1 aliphatic heterocycles. The lowest BCUT2D eigenvalue weighted by molar-refractivity contribution is 0.0280. The maximum atomic E-state index is 10.1. The zero-order valence-electron chi connectivity index (χ0n) is 16.9. The first kappa shape index (κ1) is 20.1. The molecule has 3 aromatic rings. The molecular weight excluding hydrogens is 384 g/mol. The molecule has 1 fully saturated rings. The molecule has 29 heavy (non-hydrogen) atoms. The van der Waals surface area contributed by atoms with Gasteiger partial charge < -0.3 is 10.0 Å². The third-order valence-electron chi connectivity index (χ3n) is 5.49. The molecule has 0 amide bonds. The number of H-pyrrole nitrogens is 1. The Morgan fingerprint density at radius 1 is 1.07 bits per heavy atom. The molecule has 0 bridgehead atoms. The van der Waals surface area contributed by atoms with E-state index in [1.165, 1.54) is 5.69 Å². The summed E-state index contributed by atoms with van der Waals surface area (Å²) in [5.74, 6) is 0.407. The first-order chi connectivity index (χ1) is 13.9. The Kier molecular flexibility index (Phi) is 5.72. The summed E-state index contributed by atoms with van der Waals surface area (Å²) < 4.78 is 0. The van der Waals surface area contributed by atoms with Crippen molar-refractivity contribution in [3.63, 3.8) is 0 Å². The van der Waals surface area contributed by atoms with Gasteiger partial charge in [-0.05, 0) is 69.6 Å². The van der Waals surface area contributed by atoms with Crippen molar-refractivity contribution in [3.05, 3.63) is 59.5 Å². The smallest absolute Gasteiger partial charge is 0.100 e. The van der Waals surface area contributed by atoms with Gasteiger partial charge in [-0.3, -0.25) is 10.1 Å². The topological polar surface area (TPSA) is 65.0 Å². The average molecular weight is 411 g/mol. The fourth-order valence-electron chi connectivity index (χ4n) is 4.21. The minimum absolute atomic E-state index is 0.407. The van der Waals surface area contributed by atoms with Crippen molar-refractivity contribution >= 4 is 11.6 Å². The summed E-state index contributed by atoms with van der Waals surface area (Å²) in [4.78, 5) is 6.52. The lowest BCUT2D eigenvalue weighted by Gasteiger charge is -2.35. The van der Waals surface area contributed by atoms with Crippen LogP contribution in [-0.4, -0.2) is 50.4 Å². The van der Waals surface area contributed by atoms with E-state index in [1.54, 1.807) is 0 Å². The zero-order chi connectivity index (χ0) is 20.4. The Balaban J connectivity index is 1.65. The van der Waals surface area contributed by atoms with E-state index in [9.17, 15) is 5.11 Å². The molecule has 1 saturated heterocycles. The van der Waals surface area contributed by atoms with Gasteiger partial charge >= 0.3 is 0 Å². The number of aromatic amines is 1. The number of pyridine rings is 1. The molecule has 1 aliphatic rings. The van der Waals surface area contributed by atoms with Crippen LogP contribution in [0.2, 0.25) is 5.02 Å². The zero-order valence-corrected chi connectivity index (χ0v) is 17.7. The second-order valence-electron chi connectivity index (χ2n) is 8.47. The highest BCUT2D eigenvalue weighted by Crippen LogP contribution is 2.39. The molecule has 0 radical (unpaired) electrons. The molecule has 6 heteroatoms. The summed E-state index contributed by atoms with van der Waals surface area (Å²) in [6, 6.07) is 11.9. The van der Waals surface area contributed by atoms with Gasteiger partial charge in [-0.2, -0.15) is 5.10 Å². The standard InChI is InChI=1S/C23H27ClN4O/c1-23(2,29)15-28-13-9-18(10-14-28)22-20(16-7-11-25-12-8-16)21(26-27-22)17-3-5-19(24)6-4-17/h3-8,11-12,18,29H,9-10,13-15H2,1-2H3,(H,26,27). The maximum Gasteiger partial charge on any atom is 0.100 e. The number of rotatable bonds is 5. The van der Waals surface area contributed by atoms with Gasteiger partial charge in [0.15, 0.2) is 0 Å². The molecule has 5 nitrogen and oxygen atoms in total. The number of halogens is 1. The van der Waals surface area contributed by atoms with Gasteiger partial charge in [-0.15, -0.1) is 0 Å². The number of β-amino-alcohol motifs (C(OH)–C–C–N with tert-alkyl or cyclic N) is 1. The Morgan fingerprint density at radius 3 is 2.34 bits per heavy atom. The van der Waals surface area contributed by atoms with Crippen LogP contribution < -0.4 is 0 Å². The predicted octanol–water partition coefficient (Wildman–Crippen LogP) is 4.74. The monoisotopic (exact) mass is 410 g/mol. The Hall–Kier alpha value is -2.21. The number of hydrogen-bond acceptors (Lipinski definition) is 4. The van der Waals surface area contributed by atoms with Crippen molar-refractivity contribution in [1.29, 1.82) is 0 Å². The van der Waals surface area contributed by atoms with Gasteiger partial charge in [0, 0.05) is 46.7 Å². The lowest BCUT2D eigenvalue weighted by atomic mass is 9.87. The van der Waals surface area contributed by atoms with Crippen LogP contribution in [-0.2, 0) is 0 Å². The van der Waals surface area contributed by atoms with Crippen LogP contribution in [0.4, 0.5) is 0 Å². The summed E-state index contributed by atoms with van der Waals surface area (Å²) in [7, 11) is 0. The third-order valence-corrected chi connectivity index (χ3v) is 5.74. The van der Waals surface area contributed by atoms with Crippen molar-refractivity contribution in [3.8, 4) is 22.4 Å². The summed E-state index contributed by atoms with van der Waals surface area (Å²) in [6.45, 7) is 6.39. The van der Waals surface area contributed by atoms with Gasteiger partial charge in [0.25, 0.3) is 0 Å². The van der Waals surface area contributed by atoms with Crippen molar-refractivity contribution < 1.29 is 5.11 Å². The van der Waals surface area contributed by atoms with Crippen molar-refractivity contribution in [2.75, 3.05) is 19.6 Å². The third kappa shape index (κ3) is 4.69. The Morgan fingerprint density at radius 2 is 1.72 bits per heavy atom. The molecule has 0 spiro atoms. The highest BCUT2D eigenvalue weighted by Gasteiger charge is 2.29. The van der Waals surface area contributed by atoms with Gasteiger partial charge in [0.1, 0.15) is 5.69 Å². The highest BCUT2D eigenvalue weighted by molar-refractivity contribution is 6.30. The minimum atomic E-state index is -0.662. The molecule has 0 saturated carbocycles. The summed E-state index contributed by atoms with van der Waals surface area (Å²) in [5.41, 5.74) is 4.78. The summed E-state index contributed by atoms with van der Waals surface area (Å²) in [6.07, 6.45) is 5.72. The van der Waals surface area contributed by atoms with Crippen LogP contribution in [0.25, 0.3) is 22.4 Å². The largest absolute Gasteiger partial charge is 0.389 e. The van der Waals surface area contributed by atoms with Crippen LogP contribution in [0.5, 0.6) is 0 Å². The maximum absolute atomic E-state index is 10.1. The van der Waals surface area contributed by atoms with Gasteiger partial charge in [0.05, 0.1) is 5.60 Å². The van der Waals surface area contributed by atoms with E-state index >= 15 is 0 Å². The molecular formula is C23H27ClN4O. The van der Waals surface area contributed by atoms with E-state index in [1.807, 2.05) is 62.6 Å². The normalized spacial score (nSPS) is 16.3. The molecule has 0 unspecified atom stereocenters. The molecule has 3 heterocycles. The number of hydrogen-bond donors (Lipinski definition) is 2. The Bertz CT molecular complexity index is 939. The number of nitrogens with zero attached hydrogens (tertiary/aromatic N) is 3. The molecule has 152 valence electrons. The summed E-state index contributed by atoms with van der Waals surface area (Å²) >= 11 is 6.08. The second kappa shape index (κ2) is 8.27. The van der Waals surface area contributed by atoms with Gasteiger partial charge in [-0.25, -0.2) is 0 Å². The van der Waals surface area contributed by atoms with E-state index in [2.05, 4.69) is 15.0 Å². The molecule has 4 rings (SSSR count). The second-order valence-corrected chi connectivity index (χ2v) is 8.90. The molecule has 0 atom stereocenters. The van der Waals surface area contributed by atoms with Crippen LogP contribution in [0, 0.1) is 0 Å². The fourth-order valence-corrected chi connectivity index (χ4v) is 4.33. The first-order valence-electron chi connectivity index (χ1n) is 10.1. The molecule has 1 aromatic carbocycles. The van der Waals surface area contributed by atoms with E-state index in [0.29, 0.717) is 17.5 Å². The SMILES string of the molecule is CC(C)(O)CN1CCC(c2[nH]nc(-c3ccc(Cl)cc3)c2-c2ccncc2)CC1. The summed E-state index contributed by atoms with van der Waals surface area (Å²) in [5, 5.41) is 18.9. The van der Waals surface area contributed by atoms with Crippen molar-refractivity contribution in [2.45, 2.75) is 38.2 Å². The van der Waals surface area contributed by atoms with E-state index in [4.69, 9.17) is 16.7 Å². The van der Waals surface area contributed by atoms with E-state index < -0.39 is 5.60 Å². The van der Waals surface area contributed by atoms with Crippen LogP contribution in [0.15, 0.2) is 48.8 Å². The van der Waals surface area contributed by atoms with Crippen molar-refractivity contribution in [2.24, 2.45) is 0 Å². The molecule has 0 aliphatic carbocycles. The number of aliphatic hydroxyl groups is 1. The number of benzene rings is 1. The average Bonchev–Trinajstić information content (AvgIpc) is 3.14. The number of piperidine rings is 1. The fraction of sp³-hybridized carbons (Fsp3) is 0.391. The molecule has 2 aromatic heterocycles. The predicted molar refractivity (Wildman–Crippen MR) is 117 cm³/mol. The quantitative estimate of drug-likeness (QED) is 0.637. The highest BCUT2D eigenvalue weighted by atomic mass is 35.5. The van der Waals surface area contributed by atoms with Crippen LogP contribution >= 0.6 is 11.6 Å². The number of nitrogens with one attached hydrogen (secondary N) is 1. The minimum Gasteiger partial charge on any atom is -0.389 e.